The molecule has 3 rings (SSSR count). The number of rotatable bonds is 18. The molecule has 0 saturated heterocycles. The van der Waals surface area contributed by atoms with Crippen molar-refractivity contribution in [2.45, 2.75) is 6.54 Å². The Balaban J connectivity index is 1.56. The quantitative estimate of drug-likeness (QED) is 0.153. The lowest BCUT2D eigenvalue weighted by Crippen LogP contribution is -2.31. The highest BCUT2D eigenvalue weighted by Gasteiger charge is 2.13. The lowest BCUT2D eigenvalue weighted by molar-refractivity contribution is -0.671. The second-order valence-corrected chi connectivity index (χ2v) is 8.66. The van der Waals surface area contributed by atoms with Crippen molar-refractivity contribution in [3.8, 4) is 0 Å². The molecule has 0 radical (unpaired) electrons. The van der Waals surface area contributed by atoms with Crippen LogP contribution in [0, 0.1) is 0 Å². The summed E-state index contributed by atoms with van der Waals surface area (Å²) in [5.41, 5.74) is 3.01. The van der Waals surface area contributed by atoms with E-state index in [4.69, 9.17) is 24.4 Å². The number of anilines is 1. The summed E-state index contributed by atoms with van der Waals surface area (Å²) in [5, 5.41) is 29.4. The minimum absolute atomic E-state index is 0.00619. The van der Waals surface area contributed by atoms with Gasteiger partial charge in [0.1, 0.15) is 18.4 Å². The predicted molar refractivity (Wildman–Crippen MR) is 140 cm³/mol. The number of hydrogen-bond donors (Lipinski definition) is 2. The van der Waals surface area contributed by atoms with Crippen LogP contribution >= 0.6 is 11.3 Å². The van der Waals surface area contributed by atoms with E-state index in [0.717, 1.165) is 23.1 Å². The average Bonchev–Trinajstić information content (AvgIpc) is 3.36. The number of nitrogens with zero attached hydrogens (tertiary/aromatic N) is 4. The summed E-state index contributed by atoms with van der Waals surface area (Å²) in [7, 11) is 0. The SMILES string of the molecule is OCCOCCOCCN(CCOCCO)c1ccc(/N=N/c2scc[n+]2Cc2ccccc2)cc1. The Morgan fingerprint density at radius 2 is 1.39 bits per heavy atom. The number of aromatic nitrogens is 1. The van der Waals surface area contributed by atoms with Crippen molar-refractivity contribution >= 4 is 27.8 Å². The van der Waals surface area contributed by atoms with Gasteiger partial charge in [0.2, 0.25) is 0 Å². The number of hydrogen-bond acceptors (Lipinski definition) is 9. The van der Waals surface area contributed by atoms with Gasteiger partial charge < -0.3 is 29.3 Å². The van der Waals surface area contributed by atoms with Crippen LogP contribution in [0.1, 0.15) is 5.56 Å². The average molecular weight is 516 g/mol. The first-order chi connectivity index (χ1) is 17.8. The Morgan fingerprint density at radius 3 is 2.06 bits per heavy atom. The van der Waals surface area contributed by atoms with Gasteiger partial charge in [-0.1, -0.05) is 30.3 Å². The molecule has 9 nitrogen and oxygen atoms in total. The standard InChI is InChI=1S/C26H35N4O5S/c31-13-17-33-15-10-29(11-16-34-19-20-35-18-14-32)25-8-6-24(7-9-25)27-28-26-30(12-21-36-26)22-23-4-2-1-3-5-23/h1-9,12,21,31-32H,10-11,13-20,22H2/q+1. The molecule has 10 heteroatoms. The highest BCUT2D eigenvalue weighted by atomic mass is 32.1. The van der Waals surface area contributed by atoms with Gasteiger partial charge in [0.05, 0.1) is 58.0 Å². The zero-order valence-electron chi connectivity index (χ0n) is 20.4. The van der Waals surface area contributed by atoms with E-state index in [-0.39, 0.29) is 13.2 Å². The highest BCUT2D eigenvalue weighted by molar-refractivity contribution is 7.12. The molecular formula is C26H35N4O5S+. The molecule has 0 aliphatic carbocycles. The van der Waals surface area contributed by atoms with Crippen molar-refractivity contribution < 1.29 is 29.0 Å². The van der Waals surface area contributed by atoms with Gasteiger partial charge in [0.15, 0.2) is 0 Å². The predicted octanol–water partition coefficient (Wildman–Crippen LogP) is 3.34. The second kappa shape index (κ2) is 16.9. The number of ether oxygens (including phenoxy) is 3. The van der Waals surface area contributed by atoms with Crippen LogP contribution in [0.5, 0.6) is 0 Å². The van der Waals surface area contributed by atoms with Crippen LogP contribution in [0.2, 0.25) is 0 Å². The summed E-state index contributed by atoms with van der Waals surface area (Å²) >= 11 is 1.55. The molecule has 2 aromatic carbocycles. The monoisotopic (exact) mass is 515 g/mol. The van der Waals surface area contributed by atoms with Gasteiger partial charge >= 0.3 is 5.13 Å². The fourth-order valence-corrected chi connectivity index (χ4v) is 4.06. The van der Waals surface area contributed by atoms with Crippen molar-refractivity contribution in [1.82, 2.24) is 0 Å². The third kappa shape index (κ3) is 10.1. The smallest absolute Gasteiger partial charge is 0.394 e. The number of aliphatic hydroxyl groups excluding tert-OH is 2. The fraction of sp³-hybridized carbons (Fsp3) is 0.423. The highest BCUT2D eigenvalue weighted by Crippen LogP contribution is 2.23. The van der Waals surface area contributed by atoms with Gasteiger partial charge in [-0.2, -0.15) is 0 Å². The van der Waals surface area contributed by atoms with E-state index in [9.17, 15) is 0 Å². The van der Waals surface area contributed by atoms with Crippen LogP contribution in [0.3, 0.4) is 0 Å². The third-order valence-electron chi connectivity index (χ3n) is 5.18. The van der Waals surface area contributed by atoms with Crippen LogP contribution in [0.15, 0.2) is 76.4 Å². The lowest BCUT2D eigenvalue weighted by atomic mass is 10.2. The molecule has 0 aliphatic heterocycles. The topological polar surface area (TPSA) is 100.0 Å². The van der Waals surface area contributed by atoms with Gasteiger partial charge in [-0.25, -0.2) is 4.57 Å². The molecule has 3 aromatic rings. The maximum Gasteiger partial charge on any atom is 0.408 e. The third-order valence-corrected chi connectivity index (χ3v) is 5.96. The number of benzene rings is 2. The molecule has 0 aliphatic rings. The van der Waals surface area contributed by atoms with E-state index in [0.29, 0.717) is 52.7 Å². The first-order valence-electron chi connectivity index (χ1n) is 12.0. The van der Waals surface area contributed by atoms with Crippen LogP contribution in [-0.4, -0.2) is 76.2 Å². The molecule has 0 spiro atoms. The summed E-state index contributed by atoms with van der Waals surface area (Å²) in [5.74, 6) is 0. The van der Waals surface area contributed by atoms with Crippen molar-refractivity contribution in [1.29, 1.82) is 0 Å². The van der Waals surface area contributed by atoms with Crippen LogP contribution in [-0.2, 0) is 20.8 Å². The summed E-state index contributed by atoms with van der Waals surface area (Å²) in [6.45, 7) is 4.71. The molecule has 2 N–H and O–H groups in total. The first kappa shape index (κ1) is 27.9. The Kier molecular flexibility index (Phi) is 13.0. The summed E-state index contributed by atoms with van der Waals surface area (Å²) in [6.07, 6.45) is 2.02. The molecule has 1 aromatic heterocycles. The van der Waals surface area contributed by atoms with E-state index >= 15 is 0 Å². The van der Waals surface area contributed by atoms with E-state index in [1.807, 2.05) is 54.0 Å². The van der Waals surface area contributed by atoms with Crippen molar-refractivity contribution in [2.24, 2.45) is 10.2 Å². The minimum Gasteiger partial charge on any atom is -0.394 e. The molecule has 0 amide bonds. The summed E-state index contributed by atoms with van der Waals surface area (Å²) in [6, 6.07) is 18.2. The molecule has 1 heterocycles. The maximum absolute atomic E-state index is 8.94. The zero-order chi connectivity index (χ0) is 25.3. The molecule has 0 fully saturated rings. The van der Waals surface area contributed by atoms with Crippen LogP contribution < -0.4 is 9.47 Å². The molecule has 0 atom stereocenters. The first-order valence-corrected chi connectivity index (χ1v) is 12.9. The normalized spacial score (nSPS) is 11.4. The Labute approximate surface area is 216 Å². The summed E-state index contributed by atoms with van der Waals surface area (Å²) in [4.78, 5) is 2.17. The Bertz CT molecular complexity index is 1000. The zero-order valence-corrected chi connectivity index (χ0v) is 21.3. The van der Waals surface area contributed by atoms with E-state index in [1.165, 1.54) is 5.56 Å². The number of aliphatic hydroxyl groups is 2. The number of azo groups is 1. The van der Waals surface area contributed by atoms with Gasteiger partial charge in [-0.15, -0.1) is 0 Å². The largest absolute Gasteiger partial charge is 0.408 e. The van der Waals surface area contributed by atoms with Crippen molar-refractivity contribution in [3.63, 3.8) is 0 Å². The second-order valence-electron chi connectivity index (χ2n) is 7.79. The summed E-state index contributed by atoms with van der Waals surface area (Å²) < 4.78 is 18.4. The van der Waals surface area contributed by atoms with E-state index in [1.54, 1.807) is 11.3 Å². The van der Waals surface area contributed by atoms with Crippen molar-refractivity contribution in [3.05, 3.63) is 71.7 Å². The molecule has 0 unspecified atom stereocenters. The Morgan fingerprint density at radius 1 is 0.750 bits per heavy atom. The van der Waals surface area contributed by atoms with Crippen LogP contribution in [0.4, 0.5) is 16.5 Å². The molecule has 36 heavy (non-hydrogen) atoms. The fourth-order valence-electron chi connectivity index (χ4n) is 3.38. The van der Waals surface area contributed by atoms with Crippen molar-refractivity contribution in [2.75, 3.05) is 70.8 Å². The Hall–Kier alpha value is -2.73. The molecule has 194 valence electrons. The number of thiazole rings is 1. The van der Waals surface area contributed by atoms with Gasteiger partial charge in [0.25, 0.3) is 0 Å². The van der Waals surface area contributed by atoms with Crippen LogP contribution in [0.25, 0.3) is 0 Å². The molecular weight excluding hydrogens is 480 g/mol. The lowest BCUT2D eigenvalue weighted by Gasteiger charge is -2.24. The van der Waals surface area contributed by atoms with Gasteiger partial charge in [0, 0.05) is 24.2 Å². The molecule has 0 bridgehead atoms. The van der Waals surface area contributed by atoms with Gasteiger partial charge in [-0.05, 0) is 46.3 Å². The van der Waals surface area contributed by atoms with E-state index < -0.39 is 0 Å². The maximum atomic E-state index is 8.94. The van der Waals surface area contributed by atoms with E-state index in [2.05, 4.69) is 31.8 Å². The molecule has 0 saturated carbocycles. The van der Waals surface area contributed by atoms with Gasteiger partial charge in [-0.3, -0.25) is 0 Å². The minimum atomic E-state index is 0.00619.